The Hall–Kier alpha value is -2.58. The van der Waals surface area contributed by atoms with Crippen molar-refractivity contribution in [3.05, 3.63) is 33.4 Å². The second-order valence-electron chi connectivity index (χ2n) is 3.71. The molecular formula is C12H6F2N4OS. The third kappa shape index (κ3) is 2.56. The molecule has 0 spiro atoms. The lowest BCUT2D eigenvalue weighted by atomic mass is 10.2. The first kappa shape index (κ1) is 13.8. The van der Waals surface area contributed by atoms with E-state index in [9.17, 15) is 13.6 Å². The lowest BCUT2D eigenvalue weighted by molar-refractivity contribution is 0.0729. The number of nitriles is 2. The smallest absolute Gasteiger partial charge is 0.260 e. The van der Waals surface area contributed by atoms with Gasteiger partial charge in [-0.1, -0.05) is 17.4 Å². The summed E-state index contributed by atoms with van der Waals surface area (Å²) < 4.78 is 26.3. The van der Waals surface area contributed by atoms with Gasteiger partial charge < -0.3 is 0 Å². The van der Waals surface area contributed by atoms with Crippen molar-refractivity contribution in [3.8, 4) is 12.1 Å². The largest absolute Gasteiger partial charge is 0.322 e. The van der Waals surface area contributed by atoms with Crippen LogP contribution in [0.5, 0.6) is 0 Å². The van der Waals surface area contributed by atoms with Gasteiger partial charge >= 0.3 is 11.4 Å². The molecule has 1 heterocycles. The first-order valence-corrected chi connectivity index (χ1v) is 6.15. The molecule has 0 fully saturated rings. The van der Waals surface area contributed by atoms with Crippen LogP contribution in [0.1, 0.15) is 12.1 Å². The van der Waals surface area contributed by atoms with Crippen LogP contribution in [0.25, 0.3) is 10.2 Å². The minimum absolute atomic E-state index is 0.0765. The van der Waals surface area contributed by atoms with E-state index in [2.05, 4.69) is 4.99 Å². The molecule has 0 aliphatic heterocycles. The molecule has 8 heteroatoms. The van der Waals surface area contributed by atoms with E-state index in [1.54, 1.807) is 18.2 Å². The summed E-state index contributed by atoms with van der Waals surface area (Å²) in [6.07, 6.45) is 0. The fraction of sp³-hybridized carbons (Fsp3) is 0.167. The van der Waals surface area contributed by atoms with E-state index in [1.165, 1.54) is 12.1 Å². The summed E-state index contributed by atoms with van der Waals surface area (Å²) in [4.78, 5) is 14.5. The average molecular weight is 292 g/mol. The maximum absolute atomic E-state index is 12.7. The Bertz CT molecular complexity index is 807. The van der Waals surface area contributed by atoms with Crippen molar-refractivity contribution in [3.63, 3.8) is 0 Å². The molecule has 100 valence electrons. The molecule has 1 aromatic carbocycles. The third-order valence-electron chi connectivity index (χ3n) is 2.50. The van der Waals surface area contributed by atoms with Gasteiger partial charge in [-0.25, -0.2) is 4.57 Å². The van der Waals surface area contributed by atoms with Gasteiger partial charge in [-0.05, 0) is 17.7 Å². The highest BCUT2D eigenvalue weighted by Crippen LogP contribution is 2.23. The number of hydrogen-bond acceptors (Lipinski definition) is 5. The number of nitrogens with zero attached hydrogens (tertiary/aromatic N) is 4. The van der Waals surface area contributed by atoms with Crippen LogP contribution >= 0.6 is 11.3 Å². The SMILES string of the molecule is N#CC(C#N)=NCc1ccc2c(c1)sc(=O)n2C(F)F. The standard InChI is InChI=1S/C12H6F2N4OS/c13-11(14)18-9-2-1-7(3-10(9)20-12(18)19)6-17-8(4-15)5-16/h1-3,11H,6H2. The molecule has 5 nitrogen and oxygen atoms in total. The van der Waals surface area contributed by atoms with Crippen molar-refractivity contribution < 1.29 is 8.78 Å². The van der Waals surface area contributed by atoms with Gasteiger partial charge in [-0.15, -0.1) is 0 Å². The Balaban J connectivity index is 2.42. The van der Waals surface area contributed by atoms with Gasteiger partial charge in [0.25, 0.3) is 0 Å². The summed E-state index contributed by atoms with van der Waals surface area (Å²) in [5.41, 5.74) is 0.523. The zero-order chi connectivity index (χ0) is 14.7. The molecule has 0 bridgehead atoms. The van der Waals surface area contributed by atoms with E-state index >= 15 is 0 Å². The molecule has 0 aliphatic rings. The quantitative estimate of drug-likeness (QED) is 0.815. The normalized spacial score (nSPS) is 10.2. The average Bonchev–Trinajstić information content (AvgIpc) is 2.75. The summed E-state index contributed by atoms with van der Waals surface area (Å²) >= 11 is 0.716. The van der Waals surface area contributed by atoms with E-state index in [1.807, 2.05) is 0 Å². The number of rotatable bonds is 3. The Labute approximate surface area is 115 Å². The van der Waals surface area contributed by atoms with Crippen molar-refractivity contribution >= 4 is 27.3 Å². The highest BCUT2D eigenvalue weighted by molar-refractivity contribution is 7.16. The fourth-order valence-electron chi connectivity index (χ4n) is 1.63. The molecule has 0 atom stereocenters. The van der Waals surface area contributed by atoms with Crippen molar-refractivity contribution in [1.82, 2.24) is 4.57 Å². The van der Waals surface area contributed by atoms with Crippen LogP contribution in [-0.2, 0) is 6.54 Å². The summed E-state index contributed by atoms with van der Waals surface area (Å²) in [5.74, 6) is 0. The summed E-state index contributed by atoms with van der Waals surface area (Å²) in [6, 6.07) is 7.74. The van der Waals surface area contributed by atoms with Crippen LogP contribution < -0.4 is 4.87 Å². The first-order valence-electron chi connectivity index (χ1n) is 5.33. The molecule has 0 unspecified atom stereocenters. The first-order chi connectivity index (χ1) is 9.56. The topological polar surface area (TPSA) is 81.9 Å². The van der Waals surface area contributed by atoms with Gasteiger partial charge in [0.15, 0.2) is 0 Å². The maximum atomic E-state index is 12.7. The molecular weight excluding hydrogens is 286 g/mol. The van der Waals surface area contributed by atoms with Crippen LogP contribution in [0.4, 0.5) is 8.78 Å². The third-order valence-corrected chi connectivity index (χ3v) is 3.42. The second kappa shape index (κ2) is 5.59. The number of aromatic nitrogens is 1. The maximum Gasteiger partial charge on any atom is 0.322 e. The molecule has 0 N–H and O–H groups in total. The van der Waals surface area contributed by atoms with Crippen molar-refractivity contribution in [2.24, 2.45) is 4.99 Å². The molecule has 0 amide bonds. The minimum atomic E-state index is -2.89. The number of thiazole rings is 1. The van der Waals surface area contributed by atoms with E-state index in [0.717, 1.165) is 0 Å². The summed E-state index contributed by atoms with van der Waals surface area (Å²) in [6.45, 7) is -2.81. The molecule has 1 aromatic heterocycles. The molecule has 20 heavy (non-hydrogen) atoms. The van der Waals surface area contributed by atoms with E-state index in [0.29, 0.717) is 26.2 Å². The highest BCUT2D eigenvalue weighted by Gasteiger charge is 2.15. The number of benzene rings is 1. The lowest BCUT2D eigenvalue weighted by Gasteiger charge is -2.01. The highest BCUT2D eigenvalue weighted by atomic mass is 32.1. The van der Waals surface area contributed by atoms with Gasteiger partial charge in [0, 0.05) is 0 Å². The van der Waals surface area contributed by atoms with Crippen LogP contribution in [0.15, 0.2) is 28.0 Å². The zero-order valence-electron chi connectivity index (χ0n) is 9.88. The van der Waals surface area contributed by atoms with Gasteiger partial charge in [-0.3, -0.25) is 9.79 Å². The van der Waals surface area contributed by atoms with Gasteiger partial charge in [-0.2, -0.15) is 19.3 Å². The van der Waals surface area contributed by atoms with Crippen LogP contribution in [0, 0.1) is 22.7 Å². The Morgan fingerprint density at radius 1 is 1.40 bits per heavy atom. The second-order valence-corrected chi connectivity index (χ2v) is 4.70. The summed E-state index contributed by atoms with van der Waals surface area (Å²) in [7, 11) is 0. The van der Waals surface area contributed by atoms with Crippen LogP contribution in [-0.4, -0.2) is 10.3 Å². The van der Waals surface area contributed by atoms with E-state index in [-0.39, 0.29) is 17.8 Å². The molecule has 2 aromatic rings. The molecule has 0 saturated heterocycles. The number of alkyl halides is 2. The number of hydrogen-bond donors (Lipinski definition) is 0. The van der Waals surface area contributed by atoms with Gasteiger partial charge in [0.1, 0.15) is 12.1 Å². The minimum Gasteiger partial charge on any atom is -0.260 e. The van der Waals surface area contributed by atoms with Gasteiger partial charge in [0.2, 0.25) is 5.71 Å². The predicted octanol–water partition coefficient (Wildman–Crippen LogP) is 2.45. The van der Waals surface area contributed by atoms with E-state index in [4.69, 9.17) is 10.5 Å². The number of halogens is 2. The molecule has 2 rings (SSSR count). The molecule has 0 radical (unpaired) electrons. The van der Waals surface area contributed by atoms with Gasteiger partial charge in [0.05, 0.1) is 16.8 Å². The van der Waals surface area contributed by atoms with E-state index < -0.39 is 11.4 Å². The Morgan fingerprint density at radius 2 is 2.10 bits per heavy atom. The van der Waals surface area contributed by atoms with Crippen molar-refractivity contribution in [1.29, 1.82) is 10.5 Å². The van der Waals surface area contributed by atoms with Crippen LogP contribution in [0.3, 0.4) is 0 Å². The van der Waals surface area contributed by atoms with Crippen molar-refractivity contribution in [2.75, 3.05) is 0 Å². The van der Waals surface area contributed by atoms with Crippen LogP contribution in [0.2, 0.25) is 0 Å². The Kier molecular flexibility index (Phi) is 3.87. The number of aliphatic imine (C=N–C) groups is 1. The monoisotopic (exact) mass is 292 g/mol. The summed E-state index contributed by atoms with van der Waals surface area (Å²) in [5, 5.41) is 17.1. The van der Waals surface area contributed by atoms with Crippen molar-refractivity contribution in [2.45, 2.75) is 13.1 Å². The molecule has 0 aliphatic carbocycles. The Morgan fingerprint density at radius 3 is 2.70 bits per heavy atom. The lowest BCUT2D eigenvalue weighted by Crippen LogP contribution is -2.12. The zero-order valence-corrected chi connectivity index (χ0v) is 10.7. The predicted molar refractivity (Wildman–Crippen MR) is 69.7 cm³/mol. The molecule has 0 saturated carbocycles. The fourth-order valence-corrected chi connectivity index (χ4v) is 2.58. The number of fused-ring (bicyclic) bond motifs is 1.